The molecule has 0 radical (unpaired) electrons. The quantitative estimate of drug-likeness (QED) is 0.640. The number of rotatable bonds is 8. The Hall–Kier alpha value is -0.610. The van der Waals surface area contributed by atoms with Crippen molar-refractivity contribution in [3.05, 3.63) is 0 Å². The molecule has 0 aliphatic heterocycles. The molecule has 0 heterocycles. The Balaban J connectivity index is 2.53. The summed E-state index contributed by atoms with van der Waals surface area (Å²) in [6, 6.07) is 0. The molecule has 1 aliphatic carbocycles. The Morgan fingerprint density at radius 1 is 1.47 bits per heavy atom. The first-order valence-corrected chi connectivity index (χ1v) is 6.73. The highest BCUT2D eigenvalue weighted by molar-refractivity contribution is 5.79. The Morgan fingerprint density at radius 2 is 2.24 bits per heavy atom. The topological polar surface area (TPSA) is 58.6 Å². The van der Waals surface area contributed by atoms with Crippen LogP contribution in [-0.4, -0.2) is 36.4 Å². The van der Waals surface area contributed by atoms with E-state index in [0.29, 0.717) is 13.2 Å². The monoisotopic (exact) mass is 243 g/mol. The van der Waals surface area contributed by atoms with Crippen molar-refractivity contribution in [2.24, 2.45) is 5.92 Å². The van der Waals surface area contributed by atoms with Crippen LogP contribution in [-0.2, 0) is 9.53 Å². The van der Waals surface area contributed by atoms with Crippen molar-refractivity contribution in [3.63, 3.8) is 0 Å². The number of likely N-dealkylation sites (N-methyl/N-ethyl adjacent to an activating group) is 1. The minimum atomic E-state index is -0.704. The molecule has 4 nitrogen and oxygen atoms in total. The third-order valence-corrected chi connectivity index (χ3v) is 3.65. The van der Waals surface area contributed by atoms with E-state index in [4.69, 9.17) is 4.74 Å². The summed E-state index contributed by atoms with van der Waals surface area (Å²) in [5.41, 5.74) is -0.704. The predicted octanol–water partition coefficient (Wildman–Crippen LogP) is 2.04. The summed E-state index contributed by atoms with van der Waals surface area (Å²) in [5.74, 6) is -0.492. The van der Waals surface area contributed by atoms with Gasteiger partial charge in [-0.15, -0.1) is 0 Å². The van der Waals surface area contributed by atoms with Gasteiger partial charge < -0.3 is 15.2 Å². The van der Waals surface area contributed by atoms with Gasteiger partial charge >= 0.3 is 5.97 Å². The molecule has 0 amide bonds. The van der Waals surface area contributed by atoms with Crippen LogP contribution in [0.2, 0.25) is 0 Å². The molecule has 2 unspecified atom stereocenters. The molecule has 0 aromatic heterocycles. The summed E-state index contributed by atoms with van der Waals surface area (Å²) >= 11 is 0. The Labute approximate surface area is 104 Å². The molecule has 0 spiro atoms. The lowest BCUT2D eigenvalue weighted by Crippen LogP contribution is -2.54. The van der Waals surface area contributed by atoms with Crippen LogP contribution in [0.5, 0.6) is 0 Å². The van der Waals surface area contributed by atoms with Gasteiger partial charge in [0, 0.05) is 13.2 Å². The fourth-order valence-corrected chi connectivity index (χ4v) is 2.85. The fourth-order valence-electron chi connectivity index (χ4n) is 2.85. The summed E-state index contributed by atoms with van der Waals surface area (Å²) in [6.45, 7) is 6.20. The first-order chi connectivity index (χ1) is 8.17. The van der Waals surface area contributed by atoms with Gasteiger partial charge in [0.15, 0.2) is 0 Å². The number of hydrogen-bond donors (Lipinski definition) is 2. The van der Waals surface area contributed by atoms with Crippen LogP contribution in [0.4, 0.5) is 0 Å². The molecular weight excluding hydrogens is 218 g/mol. The Morgan fingerprint density at radius 3 is 2.82 bits per heavy atom. The van der Waals surface area contributed by atoms with E-state index < -0.39 is 11.5 Å². The summed E-state index contributed by atoms with van der Waals surface area (Å²) in [5, 5.41) is 12.7. The summed E-state index contributed by atoms with van der Waals surface area (Å²) in [4.78, 5) is 11.5. The first kappa shape index (κ1) is 14.5. The standard InChI is InChI=1S/C13H25NO3/c1-3-9-17-10-7-11-6-5-8-13(11,12(15)16)14-4-2/h11,14H,3-10H2,1-2H3,(H,15,16). The number of carboxylic acid groups (broad SMARTS) is 1. The fraction of sp³-hybridized carbons (Fsp3) is 0.923. The molecule has 0 saturated heterocycles. The van der Waals surface area contributed by atoms with Gasteiger partial charge in [0.2, 0.25) is 0 Å². The van der Waals surface area contributed by atoms with Crippen molar-refractivity contribution in [2.45, 2.75) is 51.5 Å². The second kappa shape index (κ2) is 6.97. The third kappa shape index (κ3) is 3.42. The van der Waals surface area contributed by atoms with Crippen LogP contribution in [0.1, 0.15) is 46.0 Å². The maximum absolute atomic E-state index is 11.5. The average Bonchev–Trinajstić information content (AvgIpc) is 2.70. The van der Waals surface area contributed by atoms with Gasteiger partial charge in [-0.25, -0.2) is 0 Å². The number of hydrogen-bond acceptors (Lipinski definition) is 3. The summed E-state index contributed by atoms with van der Waals surface area (Å²) < 4.78 is 5.48. The largest absolute Gasteiger partial charge is 0.480 e. The van der Waals surface area contributed by atoms with Crippen molar-refractivity contribution in [3.8, 4) is 0 Å². The normalized spacial score (nSPS) is 28.5. The summed E-state index contributed by atoms with van der Waals surface area (Å²) in [7, 11) is 0. The predicted molar refractivity (Wildman–Crippen MR) is 67.1 cm³/mol. The number of aliphatic carboxylic acids is 1. The van der Waals surface area contributed by atoms with Gasteiger partial charge in [-0.3, -0.25) is 4.79 Å². The molecule has 4 heteroatoms. The van der Waals surface area contributed by atoms with Crippen molar-refractivity contribution < 1.29 is 14.6 Å². The minimum Gasteiger partial charge on any atom is -0.480 e. The van der Waals surface area contributed by atoms with Gasteiger partial charge in [-0.05, 0) is 38.1 Å². The molecule has 1 fully saturated rings. The van der Waals surface area contributed by atoms with E-state index in [1.54, 1.807) is 0 Å². The van der Waals surface area contributed by atoms with E-state index in [1.165, 1.54) is 0 Å². The molecule has 1 saturated carbocycles. The van der Waals surface area contributed by atoms with Crippen molar-refractivity contribution in [2.75, 3.05) is 19.8 Å². The molecule has 0 aromatic rings. The van der Waals surface area contributed by atoms with Crippen LogP contribution >= 0.6 is 0 Å². The van der Waals surface area contributed by atoms with Crippen molar-refractivity contribution in [1.82, 2.24) is 5.32 Å². The Kier molecular flexibility index (Phi) is 5.92. The van der Waals surface area contributed by atoms with Crippen LogP contribution in [0.3, 0.4) is 0 Å². The van der Waals surface area contributed by atoms with Crippen LogP contribution in [0, 0.1) is 5.92 Å². The van der Waals surface area contributed by atoms with Gasteiger partial charge in [0.1, 0.15) is 5.54 Å². The lowest BCUT2D eigenvalue weighted by atomic mass is 9.84. The molecule has 2 atom stereocenters. The first-order valence-electron chi connectivity index (χ1n) is 6.73. The zero-order valence-electron chi connectivity index (χ0n) is 11.0. The highest BCUT2D eigenvalue weighted by atomic mass is 16.5. The molecule has 2 N–H and O–H groups in total. The zero-order chi connectivity index (χ0) is 12.7. The SMILES string of the molecule is CCCOCCC1CCCC1(NCC)C(=O)O. The second-order valence-electron chi connectivity index (χ2n) is 4.80. The number of carbonyl (C=O) groups is 1. The third-order valence-electron chi connectivity index (χ3n) is 3.65. The van der Waals surface area contributed by atoms with E-state index >= 15 is 0 Å². The van der Waals surface area contributed by atoms with Gasteiger partial charge in [-0.2, -0.15) is 0 Å². The lowest BCUT2D eigenvalue weighted by molar-refractivity contribution is -0.146. The second-order valence-corrected chi connectivity index (χ2v) is 4.80. The van der Waals surface area contributed by atoms with E-state index in [2.05, 4.69) is 12.2 Å². The number of carboxylic acids is 1. The number of ether oxygens (including phenoxy) is 1. The maximum Gasteiger partial charge on any atom is 0.324 e. The molecule has 1 rings (SSSR count). The zero-order valence-corrected chi connectivity index (χ0v) is 11.0. The smallest absolute Gasteiger partial charge is 0.324 e. The van der Waals surface area contributed by atoms with E-state index in [-0.39, 0.29) is 5.92 Å². The van der Waals surface area contributed by atoms with Gasteiger partial charge in [-0.1, -0.05) is 20.3 Å². The molecule has 0 aromatic carbocycles. The molecule has 0 bridgehead atoms. The lowest BCUT2D eigenvalue weighted by Gasteiger charge is -2.32. The summed E-state index contributed by atoms with van der Waals surface area (Å²) in [6.07, 6.45) is 4.60. The highest BCUT2D eigenvalue weighted by Gasteiger charge is 2.48. The molecule has 17 heavy (non-hydrogen) atoms. The van der Waals surface area contributed by atoms with Crippen LogP contribution < -0.4 is 5.32 Å². The van der Waals surface area contributed by atoms with E-state index in [0.717, 1.165) is 38.7 Å². The Bertz CT molecular complexity index is 245. The molecule has 1 aliphatic rings. The maximum atomic E-state index is 11.5. The van der Waals surface area contributed by atoms with Crippen molar-refractivity contribution >= 4 is 5.97 Å². The van der Waals surface area contributed by atoms with Crippen LogP contribution in [0.15, 0.2) is 0 Å². The minimum absolute atomic E-state index is 0.205. The van der Waals surface area contributed by atoms with Crippen LogP contribution in [0.25, 0.3) is 0 Å². The van der Waals surface area contributed by atoms with Gasteiger partial charge in [0.25, 0.3) is 0 Å². The highest BCUT2D eigenvalue weighted by Crippen LogP contribution is 2.38. The molecule has 100 valence electrons. The van der Waals surface area contributed by atoms with Crippen molar-refractivity contribution in [1.29, 1.82) is 0 Å². The number of nitrogens with one attached hydrogen (secondary N) is 1. The molecular formula is C13H25NO3. The van der Waals surface area contributed by atoms with E-state index in [1.807, 2.05) is 6.92 Å². The average molecular weight is 243 g/mol. The van der Waals surface area contributed by atoms with Gasteiger partial charge in [0.05, 0.1) is 0 Å². The van der Waals surface area contributed by atoms with E-state index in [9.17, 15) is 9.90 Å².